The van der Waals surface area contributed by atoms with E-state index in [-0.39, 0.29) is 5.75 Å². The molecule has 0 saturated heterocycles. The Morgan fingerprint density at radius 2 is 0.971 bits per heavy atom. The van der Waals surface area contributed by atoms with Gasteiger partial charge in [0, 0.05) is 13.1 Å². The first-order valence-electron chi connectivity index (χ1n) is 14.0. The number of phenolic OH excluding ortho intramolecular Hbond substituents is 1. The average Bonchev–Trinajstić information content (AvgIpc) is 2.84. The van der Waals surface area contributed by atoms with Crippen molar-refractivity contribution < 1.29 is 14.7 Å². The van der Waals surface area contributed by atoms with E-state index in [1.807, 2.05) is 12.1 Å². The lowest BCUT2D eigenvalue weighted by atomic mass is 10.0. The van der Waals surface area contributed by atoms with Gasteiger partial charge in [-0.05, 0) is 37.0 Å². The first-order chi connectivity index (χ1) is 16.6. The molecule has 0 heterocycles. The fourth-order valence-corrected chi connectivity index (χ4v) is 4.19. The number of hydrogen-bond donors (Lipinski definition) is 3. The van der Waals surface area contributed by atoms with E-state index in [1.165, 1.54) is 89.9 Å². The maximum Gasteiger partial charge on any atom is 0.309 e. The van der Waals surface area contributed by atoms with Gasteiger partial charge in [0.25, 0.3) is 0 Å². The molecule has 0 aliphatic rings. The Balaban J connectivity index is 1.82. The van der Waals surface area contributed by atoms with Gasteiger partial charge in [-0.25, -0.2) is 0 Å². The zero-order valence-corrected chi connectivity index (χ0v) is 21.7. The van der Waals surface area contributed by atoms with Gasteiger partial charge in [-0.2, -0.15) is 0 Å². The fraction of sp³-hybridized carbons (Fsp3) is 0.724. The molecule has 0 spiro atoms. The van der Waals surface area contributed by atoms with Gasteiger partial charge >= 0.3 is 11.8 Å². The number of nitrogens with one attached hydrogen (secondary N) is 2. The first kappa shape index (κ1) is 30.0. The molecule has 0 radical (unpaired) electrons. The SMILES string of the molecule is CCCCCCCCCCCCCCCCCCNC(=O)C(=O)NCCCc1ccc(O)cc1. The van der Waals surface area contributed by atoms with Crippen molar-refractivity contribution >= 4 is 11.8 Å². The first-order valence-corrected chi connectivity index (χ1v) is 14.0. The number of aromatic hydroxyl groups is 1. The minimum atomic E-state index is -0.554. The lowest BCUT2D eigenvalue weighted by Gasteiger charge is -2.07. The normalized spacial score (nSPS) is 10.9. The third kappa shape index (κ3) is 17.4. The van der Waals surface area contributed by atoms with Crippen molar-refractivity contribution in [3.63, 3.8) is 0 Å². The van der Waals surface area contributed by atoms with Crippen LogP contribution in [0.25, 0.3) is 0 Å². The number of rotatable bonds is 21. The van der Waals surface area contributed by atoms with E-state index in [2.05, 4.69) is 17.6 Å². The Hall–Kier alpha value is -2.04. The minimum Gasteiger partial charge on any atom is -0.508 e. The highest BCUT2D eigenvalue weighted by molar-refractivity contribution is 6.35. The lowest BCUT2D eigenvalue weighted by molar-refractivity contribution is -0.139. The maximum atomic E-state index is 11.9. The summed E-state index contributed by atoms with van der Waals surface area (Å²) in [5, 5.41) is 14.7. The summed E-state index contributed by atoms with van der Waals surface area (Å²) in [5.41, 5.74) is 1.10. The molecule has 0 aliphatic carbocycles. The molecule has 2 amide bonds. The van der Waals surface area contributed by atoms with Crippen LogP contribution in [0.3, 0.4) is 0 Å². The third-order valence-electron chi connectivity index (χ3n) is 6.39. The van der Waals surface area contributed by atoms with Gasteiger partial charge in [0.05, 0.1) is 0 Å². The second-order valence-electron chi connectivity index (χ2n) is 9.59. The van der Waals surface area contributed by atoms with E-state index in [4.69, 9.17) is 0 Å². The Labute approximate surface area is 208 Å². The van der Waals surface area contributed by atoms with Crippen molar-refractivity contribution in [2.75, 3.05) is 13.1 Å². The summed E-state index contributed by atoms with van der Waals surface area (Å²) in [6, 6.07) is 7.03. The van der Waals surface area contributed by atoms with Gasteiger partial charge in [0.1, 0.15) is 5.75 Å². The number of carbonyl (C=O) groups is 2. The summed E-state index contributed by atoms with van der Waals surface area (Å²) in [6.07, 6.45) is 22.7. The number of phenols is 1. The summed E-state index contributed by atoms with van der Waals surface area (Å²) >= 11 is 0. The fourth-order valence-electron chi connectivity index (χ4n) is 4.19. The van der Waals surface area contributed by atoms with E-state index in [0.29, 0.717) is 13.1 Å². The van der Waals surface area contributed by atoms with E-state index in [9.17, 15) is 14.7 Å². The molecule has 5 nitrogen and oxygen atoms in total. The number of amides is 2. The smallest absolute Gasteiger partial charge is 0.309 e. The second-order valence-corrected chi connectivity index (χ2v) is 9.59. The molecule has 0 saturated carbocycles. The highest BCUT2D eigenvalue weighted by Gasteiger charge is 2.11. The highest BCUT2D eigenvalue weighted by atomic mass is 16.3. The Kier molecular flexibility index (Phi) is 19.0. The molecule has 0 unspecified atom stereocenters. The molecule has 1 aromatic carbocycles. The summed E-state index contributed by atoms with van der Waals surface area (Å²) in [4.78, 5) is 23.7. The number of unbranched alkanes of at least 4 members (excludes halogenated alkanes) is 15. The Morgan fingerprint density at radius 3 is 1.41 bits per heavy atom. The van der Waals surface area contributed by atoms with Gasteiger partial charge < -0.3 is 15.7 Å². The molecule has 3 N–H and O–H groups in total. The van der Waals surface area contributed by atoms with Crippen LogP contribution in [0.1, 0.15) is 122 Å². The predicted octanol–water partition coefficient (Wildman–Crippen LogP) is 6.82. The van der Waals surface area contributed by atoms with E-state index >= 15 is 0 Å². The second kappa shape index (κ2) is 21.5. The van der Waals surface area contributed by atoms with Crippen molar-refractivity contribution in [1.29, 1.82) is 0 Å². The molecule has 5 heteroatoms. The van der Waals surface area contributed by atoms with E-state index in [0.717, 1.165) is 31.2 Å². The van der Waals surface area contributed by atoms with Gasteiger partial charge in [-0.15, -0.1) is 0 Å². The van der Waals surface area contributed by atoms with Gasteiger partial charge in [0.15, 0.2) is 0 Å². The Morgan fingerprint density at radius 1 is 0.588 bits per heavy atom. The quantitative estimate of drug-likeness (QED) is 0.135. The van der Waals surface area contributed by atoms with Gasteiger partial charge in [0.2, 0.25) is 0 Å². The van der Waals surface area contributed by atoms with Crippen molar-refractivity contribution in [1.82, 2.24) is 10.6 Å². The van der Waals surface area contributed by atoms with Crippen molar-refractivity contribution in [3.05, 3.63) is 29.8 Å². The molecule has 34 heavy (non-hydrogen) atoms. The summed E-state index contributed by atoms with van der Waals surface area (Å²) in [5.74, 6) is -0.842. The highest BCUT2D eigenvalue weighted by Crippen LogP contribution is 2.14. The van der Waals surface area contributed by atoms with Crippen LogP contribution in [0.15, 0.2) is 24.3 Å². The molecule has 194 valence electrons. The summed E-state index contributed by atoms with van der Waals surface area (Å²) in [6.45, 7) is 3.30. The molecule has 1 rings (SSSR count). The van der Waals surface area contributed by atoms with Gasteiger partial charge in [-0.3, -0.25) is 9.59 Å². The van der Waals surface area contributed by atoms with Crippen LogP contribution in [0, 0.1) is 0 Å². The van der Waals surface area contributed by atoms with Crippen molar-refractivity contribution in [2.24, 2.45) is 0 Å². The zero-order chi connectivity index (χ0) is 24.7. The third-order valence-corrected chi connectivity index (χ3v) is 6.39. The predicted molar refractivity (Wildman–Crippen MR) is 142 cm³/mol. The standard InChI is InChI=1S/C29H50N2O3/c1-2-3-4-5-6-7-8-9-10-11-12-13-14-15-16-17-24-30-28(33)29(34)31-25-18-19-26-20-22-27(32)23-21-26/h20-23,32H,2-19,24-25H2,1H3,(H,30,33)(H,31,34). The molecule has 0 aliphatic heterocycles. The van der Waals surface area contributed by atoms with E-state index < -0.39 is 11.8 Å². The van der Waals surface area contributed by atoms with Gasteiger partial charge in [-0.1, -0.05) is 115 Å². The van der Waals surface area contributed by atoms with Crippen LogP contribution in [0.5, 0.6) is 5.75 Å². The average molecular weight is 475 g/mol. The van der Waals surface area contributed by atoms with Crippen LogP contribution in [0.4, 0.5) is 0 Å². The maximum absolute atomic E-state index is 11.9. The van der Waals surface area contributed by atoms with Crippen LogP contribution < -0.4 is 10.6 Å². The van der Waals surface area contributed by atoms with Crippen LogP contribution in [-0.2, 0) is 16.0 Å². The lowest BCUT2D eigenvalue weighted by Crippen LogP contribution is -2.40. The van der Waals surface area contributed by atoms with Crippen LogP contribution in [0.2, 0.25) is 0 Å². The van der Waals surface area contributed by atoms with Crippen LogP contribution >= 0.6 is 0 Å². The minimum absolute atomic E-state index is 0.248. The molecule has 0 fully saturated rings. The number of carbonyl (C=O) groups excluding carboxylic acids is 2. The molecule has 0 bridgehead atoms. The largest absolute Gasteiger partial charge is 0.508 e. The van der Waals surface area contributed by atoms with E-state index in [1.54, 1.807) is 12.1 Å². The molecule has 0 aromatic heterocycles. The van der Waals surface area contributed by atoms with Crippen LogP contribution in [-0.4, -0.2) is 30.0 Å². The zero-order valence-electron chi connectivity index (χ0n) is 21.7. The summed E-state index contributed by atoms with van der Waals surface area (Å²) < 4.78 is 0. The topological polar surface area (TPSA) is 78.4 Å². The Bertz CT molecular complexity index is 631. The number of hydrogen-bond acceptors (Lipinski definition) is 3. The van der Waals surface area contributed by atoms with Crippen molar-refractivity contribution in [2.45, 2.75) is 122 Å². The molecular weight excluding hydrogens is 424 g/mol. The number of benzene rings is 1. The summed E-state index contributed by atoms with van der Waals surface area (Å²) in [7, 11) is 0. The van der Waals surface area contributed by atoms with Crippen molar-refractivity contribution in [3.8, 4) is 5.75 Å². The number of aryl methyl sites for hydroxylation is 1. The molecule has 0 atom stereocenters. The molecular formula is C29H50N2O3. The molecule has 1 aromatic rings. The monoisotopic (exact) mass is 474 g/mol.